The van der Waals surface area contributed by atoms with E-state index in [0.717, 1.165) is 12.2 Å². The summed E-state index contributed by atoms with van der Waals surface area (Å²) in [5, 5.41) is 7.41. The van der Waals surface area contributed by atoms with E-state index in [1.807, 2.05) is 6.92 Å². The molecule has 1 heterocycles. The standard InChI is InChI=1S/C12H15N3O2S2/c1-2-11-13-12(15-14-11)18-8-9-19(16,17)10-6-4-3-5-7-10/h3-7H,2,8-9H2,1H3,(H,13,14,15). The van der Waals surface area contributed by atoms with Gasteiger partial charge in [0, 0.05) is 12.2 Å². The fraction of sp³-hybridized carbons (Fsp3) is 0.333. The Hall–Kier alpha value is -1.34. The van der Waals surface area contributed by atoms with Crippen LogP contribution in [0.1, 0.15) is 12.7 Å². The minimum Gasteiger partial charge on any atom is -0.262 e. The summed E-state index contributed by atoms with van der Waals surface area (Å²) in [5.41, 5.74) is 0. The molecule has 0 saturated carbocycles. The lowest BCUT2D eigenvalue weighted by Gasteiger charge is -2.02. The number of nitrogens with one attached hydrogen (secondary N) is 1. The molecule has 0 saturated heterocycles. The number of H-pyrrole nitrogens is 1. The third-order valence-electron chi connectivity index (χ3n) is 2.53. The average molecular weight is 297 g/mol. The highest BCUT2D eigenvalue weighted by atomic mass is 32.2. The first-order chi connectivity index (χ1) is 9.12. The van der Waals surface area contributed by atoms with Gasteiger partial charge in [0.15, 0.2) is 9.84 Å². The SMILES string of the molecule is CCc1nc(SCCS(=O)(=O)c2ccccc2)n[nH]1. The first-order valence-corrected chi connectivity index (χ1v) is 8.57. The van der Waals surface area contributed by atoms with Crippen LogP contribution in [-0.4, -0.2) is 35.1 Å². The zero-order valence-corrected chi connectivity index (χ0v) is 12.2. The first-order valence-electron chi connectivity index (χ1n) is 5.93. The quantitative estimate of drug-likeness (QED) is 0.825. The zero-order chi connectivity index (χ0) is 13.7. The number of aromatic nitrogens is 3. The number of sulfone groups is 1. The molecule has 0 bridgehead atoms. The molecule has 0 fully saturated rings. The Kier molecular flexibility index (Phi) is 4.60. The third kappa shape index (κ3) is 3.81. The van der Waals surface area contributed by atoms with Crippen LogP contribution in [0.2, 0.25) is 0 Å². The Morgan fingerprint density at radius 3 is 2.63 bits per heavy atom. The average Bonchev–Trinajstić information content (AvgIpc) is 2.87. The van der Waals surface area contributed by atoms with Gasteiger partial charge in [-0.15, -0.1) is 5.10 Å². The molecule has 5 nitrogen and oxygen atoms in total. The predicted octanol–water partition coefficient (Wildman–Crippen LogP) is 1.93. The van der Waals surface area contributed by atoms with Gasteiger partial charge in [-0.05, 0) is 12.1 Å². The molecule has 2 rings (SSSR count). The Bertz CT molecular complexity index is 623. The summed E-state index contributed by atoms with van der Waals surface area (Å²) < 4.78 is 24.0. The normalized spacial score (nSPS) is 11.6. The Morgan fingerprint density at radius 2 is 2.00 bits per heavy atom. The molecule has 19 heavy (non-hydrogen) atoms. The van der Waals surface area contributed by atoms with Gasteiger partial charge in [0.2, 0.25) is 5.16 Å². The van der Waals surface area contributed by atoms with E-state index in [0.29, 0.717) is 15.8 Å². The molecule has 1 aromatic heterocycles. The molecule has 0 unspecified atom stereocenters. The smallest absolute Gasteiger partial charge is 0.208 e. The summed E-state index contributed by atoms with van der Waals surface area (Å²) in [5.74, 6) is 1.34. The second kappa shape index (κ2) is 6.21. The number of aromatic amines is 1. The number of hydrogen-bond acceptors (Lipinski definition) is 5. The molecule has 1 N–H and O–H groups in total. The van der Waals surface area contributed by atoms with Crippen molar-refractivity contribution in [3.8, 4) is 0 Å². The molecule has 7 heteroatoms. The predicted molar refractivity (Wildman–Crippen MR) is 75.0 cm³/mol. The van der Waals surface area contributed by atoms with E-state index in [-0.39, 0.29) is 5.75 Å². The van der Waals surface area contributed by atoms with Crippen LogP contribution in [0.15, 0.2) is 40.4 Å². The lowest BCUT2D eigenvalue weighted by molar-refractivity contribution is 0.597. The lowest BCUT2D eigenvalue weighted by Crippen LogP contribution is -2.08. The van der Waals surface area contributed by atoms with Crippen LogP contribution in [0.5, 0.6) is 0 Å². The van der Waals surface area contributed by atoms with Gasteiger partial charge in [-0.3, -0.25) is 5.10 Å². The van der Waals surface area contributed by atoms with E-state index < -0.39 is 9.84 Å². The number of nitrogens with zero attached hydrogens (tertiary/aromatic N) is 2. The van der Waals surface area contributed by atoms with Crippen LogP contribution in [0.3, 0.4) is 0 Å². The van der Waals surface area contributed by atoms with Gasteiger partial charge in [0.1, 0.15) is 5.82 Å². The lowest BCUT2D eigenvalue weighted by atomic mass is 10.4. The number of benzene rings is 1. The second-order valence-corrected chi connectivity index (χ2v) is 7.07. The van der Waals surface area contributed by atoms with Crippen LogP contribution in [0.4, 0.5) is 0 Å². The Morgan fingerprint density at radius 1 is 1.26 bits per heavy atom. The van der Waals surface area contributed by atoms with E-state index in [9.17, 15) is 8.42 Å². The van der Waals surface area contributed by atoms with Crippen molar-refractivity contribution in [2.75, 3.05) is 11.5 Å². The number of thioether (sulfide) groups is 1. The maximum absolute atomic E-state index is 12.0. The van der Waals surface area contributed by atoms with E-state index >= 15 is 0 Å². The molecule has 0 aliphatic heterocycles. The second-order valence-electron chi connectivity index (χ2n) is 3.90. The van der Waals surface area contributed by atoms with E-state index in [1.165, 1.54) is 11.8 Å². The van der Waals surface area contributed by atoms with E-state index in [1.54, 1.807) is 30.3 Å². The molecule has 0 radical (unpaired) electrons. The molecule has 0 spiro atoms. The fourth-order valence-electron chi connectivity index (χ4n) is 1.49. The van der Waals surface area contributed by atoms with Crippen LogP contribution in [-0.2, 0) is 16.3 Å². The van der Waals surface area contributed by atoms with Crippen LogP contribution in [0, 0.1) is 0 Å². The summed E-state index contributed by atoms with van der Waals surface area (Å²) in [6.45, 7) is 1.98. The molecule has 2 aromatic rings. The third-order valence-corrected chi connectivity index (χ3v) is 5.37. The van der Waals surface area contributed by atoms with E-state index in [4.69, 9.17) is 0 Å². The molecule has 102 valence electrons. The highest BCUT2D eigenvalue weighted by Crippen LogP contribution is 2.16. The fourth-order valence-corrected chi connectivity index (χ4v) is 3.97. The Balaban J connectivity index is 1.92. The maximum Gasteiger partial charge on any atom is 0.208 e. The largest absolute Gasteiger partial charge is 0.262 e. The summed E-state index contributed by atoms with van der Waals surface area (Å²) in [6.07, 6.45) is 0.788. The van der Waals surface area contributed by atoms with Crippen LogP contribution in [0.25, 0.3) is 0 Å². The topological polar surface area (TPSA) is 75.7 Å². The van der Waals surface area contributed by atoms with Gasteiger partial charge >= 0.3 is 0 Å². The van der Waals surface area contributed by atoms with Crippen molar-refractivity contribution >= 4 is 21.6 Å². The van der Waals surface area contributed by atoms with Crippen LogP contribution >= 0.6 is 11.8 Å². The zero-order valence-electron chi connectivity index (χ0n) is 10.5. The van der Waals surface area contributed by atoms with Gasteiger partial charge in [-0.2, -0.15) is 0 Å². The minimum atomic E-state index is -3.22. The van der Waals surface area contributed by atoms with Crippen molar-refractivity contribution in [2.24, 2.45) is 0 Å². The molecule has 0 atom stereocenters. The maximum atomic E-state index is 12.0. The summed E-state index contributed by atoms with van der Waals surface area (Å²) in [7, 11) is -3.22. The van der Waals surface area contributed by atoms with Crippen LogP contribution < -0.4 is 0 Å². The summed E-state index contributed by atoms with van der Waals surface area (Å²) in [4.78, 5) is 4.58. The number of hydrogen-bond donors (Lipinski definition) is 1. The number of rotatable bonds is 6. The van der Waals surface area contributed by atoms with Gasteiger partial charge < -0.3 is 0 Å². The van der Waals surface area contributed by atoms with Crippen molar-refractivity contribution in [1.29, 1.82) is 0 Å². The van der Waals surface area contributed by atoms with Gasteiger partial charge in [0.05, 0.1) is 10.6 Å². The van der Waals surface area contributed by atoms with Gasteiger partial charge in [-0.25, -0.2) is 13.4 Å². The van der Waals surface area contributed by atoms with Crippen molar-refractivity contribution in [1.82, 2.24) is 15.2 Å². The summed E-state index contributed by atoms with van der Waals surface area (Å²) >= 11 is 1.35. The molecule has 0 aliphatic rings. The van der Waals surface area contributed by atoms with Crippen molar-refractivity contribution in [3.05, 3.63) is 36.2 Å². The highest BCUT2D eigenvalue weighted by Gasteiger charge is 2.14. The molecule has 1 aromatic carbocycles. The van der Waals surface area contributed by atoms with Crippen molar-refractivity contribution < 1.29 is 8.42 Å². The summed E-state index contributed by atoms with van der Waals surface area (Å²) in [6, 6.07) is 8.48. The van der Waals surface area contributed by atoms with Gasteiger partial charge in [-0.1, -0.05) is 36.9 Å². The van der Waals surface area contributed by atoms with Gasteiger partial charge in [0.25, 0.3) is 0 Å². The molecule has 0 amide bonds. The number of aryl methyl sites for hydroxylation is 1. The van der Waals surface area contributed by atoms with Crippen molar-refractivity contribution in [3.63, 3.8) is 0 Å². The monoisotopic (exact) mass is 297 g/mol. The molecule has 0 aliphatic carbocycles. The van der Waals surface area contributed by atoms with E-state index in [2.05, 4.69) is 15.2 Å². The molecular formula is C12H15N3O2S2. The minimum absolute atomic E-state index is 0.0810. The Labute approximate surface area is 116 Å². The first kappa shape index (κ1) is 14.1. The molecular weight excluding hydrogens is 282 g/mol. The van der Waals surface area contributed by atoms with Crippen molar-refractivity contribution in [2.45, 2.75) is 23.4 Å². The highest BCUT2D eigenvalue weighted by molar-refractivity contribution is 8.00.